The number of hydrogen-bond donors (Lipinski definition) is 1. The Morgan fingerprint density at radius 2 is 1.61 bits per heavy atom. The minimum atomic E-state index is -4.14. The minimum absolute atomic E-state index is 0.0677. The van der Waals surface area contributed by atoms with E-state index in [2.05, 4.69) is 5.32 Å². The van der Waals surface area contributed by atoms with E-state index in [4.69, 9.17) is 11.6 Å². The van der Waals surface area contributed by atoms with Gasteiger partial charge in [-0.3, -0.25) is 13.9 Å². The molecule has 3 aromatic carbocycles. The van der Waals surface area contributed by atoms with Gasteiger partial charge in [0.2, 0.25) is 11.8 Å². The standard InChI is InChI=1S/C32H38ClN3O4S/c1-23-16-18-28(19-17-23)41(39,40)36(30-15-9-14-29(33)24(30)2)22-31(37)35(21-20-26-10-5-4-6-11-26)25(3)32(38)34-27-12-7-8-13-27/h4-6,9-11,14-19,25,27H,7-8,12-13,20-22H2,1-3H3,(H,34,38)/t25-/m1/s1. The lowest BCUT2D eigenvalue weighted by molar-refractivity contribution is -0.139. The first-order valence-corrected chi connectivity index (χ1v) is 15.9. The molecular formula is C32H38ClN3O4S. The summed E-state index contributed by atoms with van der Waals surface area (Å²) in [5.74, 6) is -0.699. The molecule has 41 heavy (non-hydrogen) atoms. The monoisotopic (exact) mass is 595 g/mol. The van der Waals surface area contributed by atoms with Gasteiger partial charge in [0, 0.05) is 17.6 Å². The third kappa shape index (κ3) is 7.49. The normalized spacial score (nSPS) is 14.4. The van der Waals surface area contributed by atoms with Crippen LogP contribution in [-0.4, -0.2) is 50.3 Å². The number of hydrogen-bond acceptors (Lipinski definition) is 4. The molecule has 9 heteroatoms. The van der Waals surface area contributed by atoms with Crippen LogP contribution in [0.25, 0.3) is 0 Å². The predicted octanol–water partition coefficient (Wildman–Crippen LogP) is 5.67. The fraction of sp³-hybridized carbons (Fsp3) is 0.375. The second-order valence-corrected chi connectivity index (χ2v) is 13.0. The average molecular weight is 596 g/mol. The number of benzene rings is 3. The van der Waals surface area contributed by atoms with Crippen molar-refractivity contribution in [3.8, 4) is 0 Å². The number of carbonyl (C=O) groups excluding carboxylic acids is 2. The van der Waals surface area contributed by atoms with Crippen LogP contribution in [0.5, 0.6) is 0 Å². The highest BCUT2D eigenvalue weighted by Crippen LogP contribution is 2.31. The van der Waals surface area contributed by atoms with Gasteiger partial charge < -0.3 is 10.2 Å². The molecule has 0 saturated heterocycles. The Hall–Kier alpha value is -3.36. The molecule has 1 N–H and O–H groups in total. The summed E-state index contributed by atoms with van der Waals surface area (Å²) in [5.41, 5.74) is 2.79. The third-order valence-electron chi connectivity index (χ3n) is 7.75. The molecule has 2 amide bonds. The maximum Gasteiger partial charge on any atom is 0.264 e. The quantitative estimate of drug-likeness (QED) is 0.309. The van der Waals surface area contributed by atoms with Crippen LogP contribution in [-0.2, 0) is 26.0 Å². The molecule has 0 aromatic heterocycles. The van der Waals surface area contributed by atoms with Crippen LogP contribution < -0.4 is 9.62 Å². The van der Waals surface area contributed by atoms with Crippen LogP contribution in [0.2, 0.25) is 5.02 Å². The van der Waals surface area contributed by atoms with Gasteiger partial charge >= 0.3 is 0 Å². The molecule has 0 spiro atoms. The molecule has 1 aliphatic rings. The number of amides is 2. The number of aryl methyl sites for hydroxylation is 1. The summed E-state index contributed by atoms with van der Waals surface area (Å²) < 4.78 is 29.1. The number of anilines is 1. The fourth-order valence-electron chi connectivity index (χ4n) is 5.18. The van der Waals surface area contributed by atoms with Crippen molar-refractivity contribution in [2.24, 2.45) is 0 Å². The Morgan fingerprint density at radius 1 is 0.951 bits per heavy atom. The molecule has 7 nitrogen and oxygen atoms in total. The molecule has 0 aliphatic heterocycles. The van der Waals surface area contributed by atoms with Crippen LogP contribution in [0.1, 0.15) is 49.3 Å². The summed E-state index contributed by atoms with van der Waals surface area (Å²) in [4.78, 5) is 28.9. The van der Waals surface area contributed by atoms with Crippen molar-refractivity contribution in [2.45, 2.75) is 69.9 Å². The van der Waals surface area contributed by atoms with Crippen LogP contribution >= 0.6 is 11.6 Å². The lowest BCUT2D eigenvalue weighted by atomic mass is 10.1. The summed E-state index contributed by atoms with van der Waals surface area (Å²) in [7, 11) is -4.14. The van der Waals surface area contributed by atoms with Crippen LogP contribution in [0, 0.1) is 13.8 Å². The zero-order valence-electron chi connectivity index (χ0n) is 23.8. The highest BCUT2D eigenvalue weighted by molar-refractivity contribution is 7.92. The Labute approximate surface area is 248 Å². The summed E-state index contributed by atoms with van der Waals surface area (Å²) >= 11 is 6.39. The van der Waals surface area contributed by atoms with Crippen molar-refractivity contribution in [1.82, 2.24) is 10.2 Å². The molecule has 3 aromatic rings. The van der Waals surface area contributed by atoms with Gasteiger partial charge in [0.15, 0.2) is 0 Å². The van der Waals surface area contributed by atoms with E-state index in [1.807, 2.05) is 37.3 Å². The molecule has 0 unspecified atom stereocenters. The van der Waals surface area contributed by atoms with Crippen molar-refractivity contribution in [3.05, 3.63) is 94.5 Å². The number of nitrogens with one attached hydrogen (secondary N) is 1. The summed E-state index contributed by atoms with van der Waals surface area (Å²) in [6.07, 6.45) is 4.51. The number of sulfonamides is 1. The SMILES string of the molecule is Cc1ccc(S(=O)(=O)N(CC(=O)N(CCc2ccccc2)[C@H](C)C(=O)NC2CCCC2)c2cccc(Cl)c2C)cc1. The van der Waals surface area contributed by atoms with Crippen molar-refractivity contribution in [2.75, 3.05) is 17.4 Å². The van der Waals surface area contributed by atoms with E-state index in [-0.39, 0.29) is 23.4 Å². The predicted molar refractivity (Wildman–Crippen MR) is 164 cm³/mol. The second-order valence-electron chi connectivity index (χ2n) is 10.7. The maximum atomic E-state index is 14.1. The topological polar surface area (TPSA) is 86.8 Å². The van der Waals surface area contributed by atoms with E-state index < -0.39 is 28.5 Å². The van der Waals surface area contributed by atoms with Gasteiger partial charge in [0.25, 0.3) is 10.0 Å². The Morgan fingerprint density at radius 3 is 2.27 bits per heavy atom. The third-order valence-corrected chi connectivity index (χ3v) is 9.93. The zero-order valence-corrected chi connectivity index (χ0v) is 25.4. The molecular weight excluding hydrogens is 558 g/mol. The first-order valence-electron chi connectivity index (χ1n) is 14.1. The summed E-state index contributed by atoms with van der Waals surface area (Å²) in [6, 6.07) is 20.5. The minimum Gasteiger partial charge on any atom is -0.352 e. The summed E-state index contributed by atoms with van der Waals surface area (Å²) in [6.45, 7) is 5.09. The Balaban J connectivity index is 1.67. The van der Waals surface area contributed by atoms with E-state index in [0.717, 1.165) is 41.1 Å². The molecule has 1 saturated carbocycles. The Kier molecular flexibility index (Phi) is 10.1. The highest BCUT2D eigenvalue weighted by Gasteiger charge is 2.33. The van der Waals surface area contributed by atoms with Crippen LogP contribution in [0.4, 0.5) is 5.69 Å². The molecule has 1 atom stereocenters. The molecule has 218 valence electrons. The van der Waals surface area contributed by atoms with E-state index in [9.17, 15) is 18.0 Å². The van der Waals surface area contributed by atoms with Gasteiger partial charge in [-0.15, -0.1) is 0 Å². The smallest absolute Gasteiger partial charge is 0.264 e. The van der Waals surface area contributed by atoms with Gasteiger partial charge in [0.1, 0.15) is 12.6 Å². The van der Waals surface area contributed by atoms with E-state index in [0.29, 0.717) is 22.7 Å². The van der Waals surface area contributed by atoms with Crippen LogP contribution in [0.3, 0.4) is 0 Å². The first kappa shape index (κ1) is 30.6. The molecule has 0 heterocycles. The Bertz CT molecular complexity index is 1460. The fourth-order valence-corrected chi connectivity index (χ4v) is 6.82. The second kappa shape index (κ2) is 13.5. The number of nitrogens with zero attached hydrogens (tertiary/aromatic N) is 2. The molecule has 0 bridgehead atoms. The van der Waals surface area contributed by atoms with Gasteiger partial charge in [-0.05, 0) is 75.4 Å². The average Bonchev–Trinajstić information content (AvgIpc) is 3.47. The maximum absolute atomic E-state index is 14.1. The van der Waals surface area contributed by atoms with Gasteiger partial charge in [-0.1, -0.05) is 78.5 Å². The zero-order chi connectivity index (χ0) is 29.6. The van der Waals surface area contributed by atoms with Crippen molar-refractivity contribution < 1.29 is 18.0 Å². The highest BCUT2D eigenvalue weighted by atomic mass is 35.5. The van der Waals surface area contributed by atoms with Crippen molar-refractivity contribution in [1.29, 1.82) is 0 Å². The number of rotatable bonds is 11. The molecule has 4 rings (SSSR count). The number of carbonyl (C=O) groups is 2. The molecule has 1 fully saturated rings. The van der Waals surface area contributed by atoms with Crippen molar-refractivity contribution in [3.63, 3.8) is 0 Å². The van der Waals surface area contributed by atoms with Crippen LogP contribution in [0.15, 0.2) is 77.7 Å². The molecule has 0 radical (unpaired) electrons. The molecule has 1 aliphatic carbocycles. The summed E-state index contributed by atoms with van der Waals surface area (Å²) in [5, 5.41) is 3.49. The van der Waals surface area contributed by atoms with E-state index >= 15 is 0 Å². The van der Waals surface area contributed by atoms with E-state index in [1.165, 1.54) is 17.0 Å². The number of halogens is 1. The van der Waals surface area contributed by atoms with Gasteiger partial charge in [-0.25, -0.2) is 8.42 Å². The van der Waals surface area contributed by atoms with Gasteiger partial charge in [-0.2, -0.15) is 0 Å². The first-order chi connectivity index (χ1) is 19.6. The van der Waals surface area contributed by atoms with E-state index in [1.54, 1.807) is 44.2 Å². The largest absolute Gasteiger partial charge is 0.352 e. The lowest BCUT2D eigenvalue weighted by Gasteiger charge is -2.33. The lowest BCUT2D eigenvalue weighted by Crippen LogP contribution is -2.53. The van der Waals surface area contributed by atoms with Crippen molar-refractivity contribution >= 4 is 39.1 Å². The van der Waals surface area contributed by atoms with Gasteiger partial charge in [0.05, 0.1) is 10.6 Å².